The van der Waals surface area contributed by atoms with Crippen molar-refractivity contribution in [3.05, 3.63) is 24.3 Å². The van der Waals surface area contributed by atoms with Crippen LogP contribution in [0.15, 0.2) is 29.2 Å². The summed E-state index contributed by atoms with van der Waals surface area (Å²) in [7, 11) is -1.93. The zero-order chi connectivity index (χ0) is 19.8. The van der Waals surface area contributed by atoms with E-state index in [9.17, 15) is 13.2 Å². The Morgan fingerprint density at radius 3 is 2.19 bits per heavy atom. The van der Waals surface area contributed by atoms with Crippen molar-refractivity contribution in [1.29, 1.82) is 0 Å². The van der Waals surface area contributed by atoms with Crippen LogP contribution in [0.2, 0.25) is 0 Å². The molecule has 0 bridgehead atoms. The minimum absolute atomic E-state index is 0.0377. The minimum atomic E-state index is -3.51. The molecule has 6 nitrogen and oxygen atoms in total. The molecule has 1 unspecified atom stereocenters. The van der Waals surface area contributed by atoms with Gasteiger partial charge in [-0.05, 0) is 76.6 Å². The SMILES string of the molecule is CC(C1CC1)N(CC(=O)Nc1ccc(S(=O)(=O)N(C)C(C)C)cc1)C1CC1. The Bertz CT molecular complexity index is 768. The smallest absolute Gasteiger partial charge is 0.243 e. The third-order valence-corrected chi connectivity index (χ3v) is 7.76. The molecule has 0 saturated heterocycles. The zero-order valence-corrected chi connectivity index (χ0v) is 17.5. The number of carbonyl (C=O) groups excluding carboxylic acids is 1. The standard InChI is InChI=1S/C20H31N3O3S/c1-14(2)22(4)27(25,26)19-11-7-17(8-12-19)21-20(24)13-23(18-9-10-18)15(3)16-5-6-16/h7-8,11-12,14-16,18H,5-6,9-10,13H2,1-4H3,(H,21,24). The van der Waals surface area contributed by atoms with Crippen molar-refractivity contribution >= 4 is 21.6 Å². The second-order valence-electron chi connectivity index (χ2n) is 8.17. The molecular formula is C20H31N3O3S. The van der Waals surface area contributed by atoms with Gasteiger partial charge in [-0.25, -0.2) is 8.42 Å². The van der Waals surface area contributed by atoms with Crippen LogP contribution in [-0.4, -0.2) is 55.2 Å². The Kier molecular flexibility index (Phi) is 5.93. The summed E-state index contributed by atoms with van der Waals surface area (Å²) in [4.78, 5) is 15.1. The highest BCUT2D eigenvalue weighted by atomic mass is 32.2. The number of anilines is 1. The Hall–Kier alpha value is -1.44. The highest BCUT2D eigenvalue weighted by molar-refractivity contribution is 7.89. The number of hydrogen-bond donors (Lipinski definition) is 1. The molecule has 1 atom stereocenters. The summed E-state index contributed by atoms with van der Waals surface area (Å²) in [6.07, 6.45) is 4.90. The molecule has 7 heteroatoms. The molecule has 0 aromatic heterocycles. The summed E-state index contributed by atoms with van der Waals surface area (Å²) < 4.78 is 26.4. The van der Waals surface area contributed by atoms with Crippen molar-refractivity contribution in [1.82, 2.24) is 9.21 Å². The van der Waals surface area contributed by atoms with Gasteiger partial charge in [-0.3, -0.25) is 9.69 Å². The Labute approximate surface area is 163 Å². The van der Waals surface area contributed by atoms with E-state index in [1.807, 2.05) is 13.8 Å². The lowest BCUT2D eigenvalue weighted by atomic mass is 10.1. The first-order valence-corrected chi connectivity index (χ1v) is 11.3. The second kappa shape index (κ2) is 7.89. The number of nitrogens with zero attached hydrogens (tertiary/aromatic N) is 2. The molecule has 1 aromatic rings. The summed E-state index contributed by atoms with van der Waals surface area (Å²) in [6.45, 7) is 6.30. The maximum atomic E-state index is 12.5. The van der Waals surface area contributed by atoms with Crippen LogP contribution in [0.25, 0.3) is 0 Å². The largest absolute Gasteiger partial charge is 0.325 e. The fraction of sp³-hybridized carbons (Fsp3) is 0.650. The van der Waals surface area contributed by atoms with Crippen LogP contribution in [0.4, 0.5) is 5.69 Å². The molecule has 2 fully saturated rings. The van der Waals surface area contributed by atoms with Crippen LogP contribution in [0, 0.1) is 5.92 Å². The molecular weight excluding hydrogens is 362 g/mol. The maximum Gasteiger partial charge on any atom is 0.243 e. The molecule has 3 rings (SSSR count). The van der Waals surface area contributed by atoms with E-state index in [0.29, 0.717) is 24.3 Å². The molecule has 1 amide bonds. The van der Waals surface area contributed by atoms with Crippen molar-refractivity contribution in [3.63, 3.8) is 0 Å². The molecule has 0 heterocycles. The number of sulfonamides is 1. The maximum absolute atomic E-state index is 12.5. The van der Waals surface area contributed by atoms with Crippen LogP contribution in [0.5, 0.6) is 0 Å². The van der Waals surface area contributed by atoms with Crippen molar-refractivity contribution < 1.29 is 13.2 Å². The van der Waals surface area contributed by atoms with Crippen LogP contribution < -0.4 is 5.32 Å². The number of rotatable bonds is 9. The first-order valence-electron chi connectivity index (χ1n) is 9.84. The Morgan fingerprint density at radius 2 is 1.70 bits per heavy atom. The summed E-state index contributed by atoms with van der Waals surface area (Å²) >= 11 is 0. The van der Waals surface area contributed by atoms with Gasteiger partial charge in [0.2, 0.25) is 15.9 Å². The average Bonchev–Trinajstić information content (AvgIpc) is 3.50. The van der Waals surface area contributed by atoms with Crippen molar-refractivity contribution in [2.24, 2.45) is 5.92 Å². The number of hydrogen-bond acceptors (Lipinski definition) is 4. The quantitative estimate of drug-likeness (QED) is 0.700. The lowest BCUT2D eigenvalue weighted by Gasteiger charge is -2.28. The van der Waals surface area contributed by atoms with Gasteiger partial charge in [0.15, 0.2) is 0 Å². The van der Waals surface area contributed by atoms with Crippen molar-refractivity contribution in [2.45, 2.75) is 69.5 Å². The lowest BCUT2D eigenvalue weighted by Crippen LogP contribution is -2.42. The van der Waals surface area contributed by atoms with Crippen molar-refractivity contribution in [2.75, 3.05) is 18.9 Å². The van der Waals surface area contributed by atoms with Crippen LogP contribution >= 0.6 is 0 Å². The highest BCUT2D eigenvalue weighted by Gasteiger charge is 2.39. The number of carbonyl (C=O) groups is 1. The number of nitrogens with one attached hydrogen (secondary N) is 1. The van der Waals surface area contributed by atoms with Gasteiger partial charge < -0.3 is 5.32 Å². The van der Waals surface area contributed by atoms with Gasteiger partial charge >= 0.3 is 0 Å². The Balaban J connectivity index is 1.61. The van der Waals surface area contributed by atoms with Gasteiger partial charge in [0.25, 0.3) is 0 Å². The fourth-order valence-corrected chi connectivity index (χ4v) is 4.75. The molecule has 0 radical (unpaired) electrons. The molecule has 2 aliphatic carbocycles. The third-order valence-electron chi connectivity index (χ3n) is 5.71. The normalized spacial score (nSPS) is 18.9. The minimum Gasteiger partial charge on any atom is -0.325 e. The Morgan fingerprint density at radius 1 is 1.11 bits per heavy atom. The molecule has 0 spiro atoms. The van der Waals surface area contributed by atoms with Gasteiger partial charge in [0, 0.05) is 30.9 Å². The van der Waals surface area contributed by atoms with Gasteiger partial charge in [0.1, 0.15) is 0 Å². The average molecular weight is 394 g/mol. The van der Waals surface area contributed by atoms with Crippen LogP contribution in [-0.2, 0) is 14.8 Å². The topological polar surface area (TPSA) is 69.7 Å². The first kappa shape index (κ1) is 20.3. The highest BCUT2D eigenvalue weighted by Crippen LogP contribution is 2.39. The molecule has 1 aromatic carbocycles. The molecule has 150 valence electrons. The van der Waals surface area contributed by atoms with E-state index in [1.165, 1.54) is 30.0 Å². The summed E-state index contributed by atoms with van der Waals surface area (Å²) in [5.74, 6) is 0.699. The first-order chi connectivity index (χ1) is 12.7. The van der Waals surface area contributed by atoms with Gasteiger partial charge in [-0.1, -0.05) is 0 Å². The second-order valence-corrected chi connectivity index (χ2v) is 10.2. The number of benzene rings is 1. The van der Waals surface area contributed by atoms with E-state index in [1.54, 1.807) is 31.3 Å². The number of amides is 1. The molecule has 27 heavy (non-hydrogen) atoms. The zero-order valence-electron chi connectivity index (χ0n) is 16.7. The van der Waals surface area contributed by atoms with Gasteiger partial charge in [-0.15, -0.1) is 0 Å². The summed E-state index contributed by atoms with van der Waals surface area (Å²) in [6, 6.07) is 7.31. The third kappa shape index (κ3) is 4.89. The van der Waals surface area contributed by atoms with Gasteiger partial charge in [0.05, 0.1) is 11.4 Å². The van der Waals surface area contributed by atoms with Crippen LogP contribution in [0.1, 0.15) is 46.5 Å². The molecule has 0 aliphatic heterocycles. The molecule has 2 saturated carbocycles. The summed E-state index contributed by atoms with van der Waals surface area (Å²) in [5, 5.41) is 2.91. The summed E-state index contributed by atoms with van der Waals surface area (Å²) in [5.41, 5.74) is 0.626. The molecule has 2 aliphatic rings. The van der Waals surface area contributed by atoms with Crippen LogP contribution in [0.3, 0.4) is 0 Å². The lowest BCUT2D eigenvalue weighted by molar-refractivity contribution is -0.118. The monoisotopic (exact) mass is 393 g/mol. The van der Waals surface area contributed by atoms with Gasteiger partial charge in [-0.2, -0.15) is 4.31 Å². The predicted molar refractivity (Wildman–Crippen MR) is 107 cm³/mol. The van der Waals surface area contributed by atoms with E-state index in [2.05, 4.69) is 17.1 Å². The van der Waals surface area contributed by atoms with E-state index in [4.69, 9.17) is 0 Å². The fourth-order valence-electron chi connectivity index (χ4n) is 3.38. The van der Waals surface area contributed by atoms with Crippen molar-refractivity contribution in [3.8, 4) is 0 Å². The van der Waals surface area contributed by atoms with E-state index < -0.39 is 10.0 Å². The van der Waals surface area contributed by atoms with E-state index >= 15 is 0 Å². The van der Waals surface area contributed by atoms with E-state index in [0.717, 1.165) is 5.92 Å². The predicted octanol–water partition coefficient (Wildman–Crippen LogP) is 2.92. The molecule has 1 N–H and O–H groups in total. The van der Waals surface area contributed by atoms with E-state index in [-0.39, 0.29) is 16.8 Å².